The SMILES string of the molecule is Cc1ccc(OCCN(C)C(=O)Cn2cc(NC(=O)C3CCC(Oc4ccncc4)CC3)cn2)cc1. The lowest BCUT2D eigenvalue weighted by molar-refractivity contribution is -0.131. The number of pyridine rings is 1. The quantitative estimate of drug-likeness (QED) is 0.464. The highest BCUT2D eigenvalue weighted by molar-refractivity contribution is 5.92. The van der Waals surface area contributed by atoms with Gasteiger partial charge in [0, 0.05) is 31.6 Å². The molecule has 0 bridgehead atoms. The van der Waals surface area contributed by atoms with E-state index < -0.39 is 0 Å². The second kappa shape index (κ2) is 12.2. The van der Waals surface area contributed by atoms with E-state index in [0.717, 1.165) is 37.2 Å². The first kappa shape index (κ1) is 25.2. The van der Waals surface area contributed by atoms with Crippen molar-refractivity contribution in [2.24, 2.45) is 5.92 Å². The summed E-state index contributed by atoms with van der Waals surface area (Å²) in [6.45, 7) is 2.98. The maximum absolute atomic E-state index is 12.7. The molecule has 1 saturated carbocycles. The number of nitrogens with one attached hydrogen (secondary N) is 1. The molecule has 0 spiro atoms. The smallest absolute Gasteiger partial charge is 0.244 e. The third-order valence-electron chi connectivity index (χ3n) is 6.34. The number of likely N-dealkylation sites (N-methyl/N-ethyl adjacent to an activating group) is 1. The van der Waals surface area contributed by atoms with Crippen LogP contribution in [0.2, 0.25) is 0 Å². The molecule has 0 saturated heterocycles. The van der Waals surface area contributed by atoms with Crippen molar-refractivity contribution in [3.63, 3.8) is 0 Å². The van der Waals surface area contributed by atoms with Gasteiger partial charge in [-0.3, -0.25) is 19.3 Å². The minimum atomic E-state index is -0.0870. The zero-order valence-corrected chi connectivity index (χ0v) is 20.8. The van der Waals surface area contributed by atoms with Crippen molar-refractivity contribution in [3.05, 3.63) is 66.7 Å². The van der Waals surface area contributed by atoms with Gasteiger partial charge in [-0.05, 0) is 56.9 Å². The molecular formula is C27H33N5O4. The van der Waals surface area contributed by atoms with E-state index in [1.807, 2.05) is 43.3 Å². The molecular weight excluding hydrogens is 458 g/mol. The third kappa shape index (κ3) is 7.31. The Bertz CT molecular complexity index is 1120. The van der Waals surface area contributed by atoms with E-state index in [2.05, 4.69) is 15.4 Å². The number of ether oxygens (including phenoxy) is 2. The van der Waals surface area contributed by atoms with Gasteiger partial charge in [0.15, 0.2) is 0 Å². The standard InChI is InChI=1S/C27H33N5O4/c1-20-3-7-23(8-4-20)35-16-15-31(2)26(33)19-32-18-22(17-29-32)30-27(34)21-5-9-24(10-6-21)36-25-11-13-28-14-12-25/h3-4,7-8,11-14,17-18,21,24H,5-6,9-10,15-16,19H2,1-2H3,(H,30,34). The number of aryl methyl sites for hydroxylation is 1. The van der Waals surface area contributed by atoms with Gasteiger partial charge in [-0.1, -0.05) is 17.7 Å². The van der Waals surface area contributed by atoms with E-state index in [-0.39, 0.29) is 30.4 Å². The Morgan fingerprint density at radius 3 is 2.50 bits per heavy atom. The number of hydrogen-bond donors (Lipinski definition) is 1. The predicted octanol–water partition coefficient (Wildman–Crippen LogP) is 3.70. The van der Waals surface area contributed by atoms with Crippen LogP contribution in [0.1, 0.15) is 31.2 Å². The number of anilines is 1. The van der Waals surface area contributed by atoms with E-state index >= 15 is 0 Å². The van der Waals surface area contributed by atoms with Crippen LogP contribution < -0.4 is 14.8 Å². The molecule has 0 radical (unpaired) electrons. The molecule has 2 amide bonds. The van der Waals surface area contributed by atoms with Gasteiger partial charge >= 0.3 is 0 Å². The van der Waals surface area contributed by atoms with Crippen LogP contribution in [0.25, 0.3) is 0 Å². The lowest BCUT2D eigenvalue weighted by Crippen LogP contribution is -2.33. The Labute approximate surface area is 211 Å². The first-order valence-electron chi connectivity index (χ1n) is 12.3. The van der Waals surface area contributed by atoms with E-state index in [4.69, 9.17) is 9.47 Å². The molecule has 9 heteroatoms. The maximum Gasteiger partial charge on any atom is 0.244 e. The second-order valence-corrected chi connectivity index (χ2v) is 9.17. The maximum atomic E-state index is 12.7. The molecule has 2 aromatic heterocycles. The van der Waals surface area contributed by atoms with Crippen LogP contribution in [0.5, 0.6) is 11.5 Å². The minimum absolute atomic E-state index is 0.0198. The summed E-state index contributed by atoms with van der Waals surface area (Å²) in [7, 11) is 1.74. The van der Waals surface area contributed by atoms with Crippen molar-refractivity contribution < 1.29 is 19.1 Å². The molecule has 190 valence electrons. The molecule has 3 aromatic rings. The highest BCUT2D eigenvalue weighted by atomic mass is 16.5. The molecule has 1 fully saturated rings. The second-order valence-electron chi connectivity index (χ2n) is 9.17. The summed E-state index contributed by atoms with van der Waals surface area (Å²) in [5.74, 6) is 1.42. The van der Waals surface area contributed by atoms with Gasteiger partial charge in [-0.25, -0.2) is 0 Å². The van der Waals surface area contributed by atoms with E-state index in [1.165, 1.54) is 10.2 Å². The van der Waals surface area contributed by atoms with Gasteiger partial charge in [-0.15, -0.1) is 0 Å². The molecule has 0 atom stereocenters. The lowest BCUT2D eigenvalue weighted by atomic mass is 9.86. The van der Waals surface area contributed by atoms with Crippen molar-refractivity contribution >= 4 is 17.5 Å². The Kier molecular flexibility index (Phi) is 8.54. The highest BCUT2D eigenvalue weighted by Gasteiger charge is 2.27. The summed E-state index contributed by atoms with van der Waals surface area (Å²) < 4.78 is 13.2. The normalized spacial score (nSPS) is 17.3. The largest absolute Gasteiger partial charge is 0.492 e. The van der Waals surface area contributed by atoms with Gasteiger partial charge in [0.1, 0.15) is 24.7 Å². The van der Waals surface area contributed by atoms with E-state index in [1.54, 1.807) is 36.7 Å². The van der Waals surface area contributed by atoms with Crippen molar-refractivity contribution in [1.29, 1.82) is 0 Å². The zero-order chi connectivity index (χ0) is 25.3. The van der Waals surface area contributed by atoms with Gasteiger partial charge in [0.05, 0.1) is 24.5 Å². The monoisotopic (exact) mass is 491 g/mol. The van der Waals surface area contributed by atoms with Crippen LogP contribution in [0.15, 0.2) is 61.2 Å². The summed E-state index contributed by atoms with van der Waals surface area (Å²) >= 11 is 0. The number of carbonyl (C=O) groups excluding carboxylic acids is 2. The van der Waals surface area contributed by atoms with Crippen molar-refractivity contribution in [1.82, 2.24) is 19.7 Å². The Balaban J connectivity index is 1.17. The molecule has 4 rings (SSSR count). The number of hydrogen-bond acceptors (Lipinski definition) is 6. The summed E-state index contributed by atoms with van der Waals surface area (Å²) in [5.41, 5.74) is 1.76. The summed E-state index contributed by atoms with van der Waals surface area (Å²) in [4.78, 5) is 30.9. The first-order valence-corrected chi connectivity index (χ1v) is 12.3. The molecule has 0 aliphatic heterocycles. The zero-order valence-electron chi connectivity index (χ0n) is 20.8. The number of rotatable bonds is 10. The van der Waals surface area contributed by atoms with Crippen molar-refractivity contribution in [2.45, 2.75) is 45.3 Å². The number of carbonyl (C=O) groups is 2. The minimum Gasteiger partial charge on any atom is -0.492 e. The van der Waals surface area contributed by atoms with Crippen molar-refractivity contribution in [2.75, 3.05) is 25.5 Å². The predicted molar refractivity (Wildman–Crippen MR) is 136 cm³/mol. The number of aromatic nitrogens is 3. The average molecular weight is 492 g/mol. The topological polar surface area (TPSA) is 98.6 Å². The molecule has 0 unspecified atom stereocenters. The fourth-order valence-electron chi connectivity index (χ4n) is 4.13. The van der Waals surface area contributed by atoms with Crippen LogP contribution in [0.4, 0.5) is 5.69 Å². The van der Waals surface area contributed by atoms with Gasteiger partial charge < -0.3 is 19.7 Å². The summed E-state index contributed by atoms with van der Waals surface area (Å²) in [6.07, 6.45) is 9.98. The average Bonchev–Trinajstić information content (AvgIpc) is 3.32. The van der Waals surface area contributed by atoms with Crippen LogP contribution in [-0.2, 0) is 16.1 Å². The van der Waals surface area contributed by atoms with Crippen LogP contribution in [-0.4, -0.2) is 57.8 Å². The Morgan fingerprint density at radius 1 is 1.06 bits per heavy atom. The number of amides is 2. The summed E-state index contributed by atoms with van der Waals surface area (Å²) in [6, 6.07) is 11.5. The van der Waals surface area contributed by atoms with Gasteiger partial charge in [-0.2, -0.15) is 5.10 Å². The van der Waals surface area contributed by atoms with Crippen LogP contribution in [0, 0.1) is 12.8 Å². The Hall–Kier alpha value is -3.88. The molecule has 1 aromatic carbocycles. The number of benzene rings is 1. The molecule has 1 aliphatic carbocycles. The van der Waals surface area contributed by atoms with E-state index in [0.29, 0.717) is 18.8 Å². The van der Waals surface area contributed by atoms with E-state index in [9.17, 15) is 9.59 Å². The Morgan fingerprint density at radius 2 is 1.78 bits per heavy atom. The van der Waals surface area contributed by atoms with Crippen molar-refractivity contribution in [3.8, 4) is 11.5 Å². The van der Waals surface area contributed by atoms with Gasteiger partial charge in [0.2, 0.25) is 11.8 Å². The number of nitrogens with zero attached hydrogens (tertiary/aromatic N) is 4. The summed E-state index contributed by atoms with van der Waals surface area (Å²) in [5, 5.41) is 7.17. The lowest BCUT2D eigenvalue weighted by Gasteiger charge is -2.28. The molecule has 1 N–H and O–H groups in total. The van der Waals surface area contributed by atoms with Gasteiger partial charge in [0.25, 0.3) is 0 Å². The fourth-order valence-corrected chi connectivity index (χ4v) is 4.13. The third-order valence-corrected chi connectivity index (χ3v) is 6.34. The van der Waals surface area contributed by atoms with Crippen LogP contribution >= 0.6 is 0 Å². The highest BCUT2D eigenvalue weighted by Crippen LogP contribution is 2.28. The van der Waals surface area contributed by atoms with Crippen LogP contribution in [0.3, 0.4) is 0 Å². The molecule has 9 nitrogen and oxygen atoms in total. The molecule has 36 heavy (non-hydrogen) atoms. The first-order chi connectivity index (χ1) is 17.5. The molecule has 2 heterocycles. The fraction of sp³-hybridized carbons (Fsp3) is 0.407. The molecule has 1 aliphatic rings.